The van der Waals surface area contributed by atoms with E-state index in [4.69, 9.17) is 9.15 Å². The molecule has 0 radical (unpaired) electrons. The summed E-state index contributed by atoms with van der Waals surface area (Å²) in [5, 5.41) is 6.85. The van der Waals surface area contributed by atoms with Gasteiger partial charge in [-0.05, 0) is 42.5 Å². The highest BCUT2D eigenvalue weighted by molar-refractivity contribution is 6.01. The van der Waals surface area contributed by atoms with E-state index in [1.165, 1.54) is 41.1 Å². The zero-order chi connectivity index (χ0) is 20.9. The Labute approximate surface area is 170 Å². The summed E-state index contributed by atoms with van der Waals surface area (Å²) in [6.45, 7) is 0.338. The second kappa shape index (κ2) is 8.60. The number of carbonyl (C=O) groups is 1. The Bertz CT molecular complexity index is 1150. The fourth-order valence-corrected chi connectivity index (χ4v) is 2.76. The van der Waals surface area contributed by atoms with E-state index in [0.29, 0.717) is 22.9 Å². The second-order valence-electron chi connectivity index (χ2n) is 6.45. The van der Waals surface area contributed by atoms with E-state index in [1.807, 2.05) is 0 Å². The number of nitrogens with zero attached hydrogens (tertiary/aromatic N) is 2. The summed E-state index contributed by atoms with van der Waals surface area (Å²) in [6, 6.07) is 16.8. The molecule has 2 heterocycles. The summed E-state index contributed by atoms with van der Waals surface area (Å²) in [4.78, 5) is 12.4. The van der Waals surface area contributed by atoms with E-state index in [-0.39, 0.29) is 30.5 Å². The third kappa shape index (κ3) is 4.72. The number of amides is 1. The molecule has 0 unspecified atom stereocenters. The summed E-state index contributed by atoms with van der Waals surface area (Å²) in [5.74, 6) is 0.196. The maximum Gasteiger partial charge on any atom is 0.292 e. The predicted octanol–water partition coefficient (Wildman–Crippen LogP) is 4.63. The van der Waals surface area contributed by atoms with Crippen LogP contribution in [0.25, 0.3) is 0 Å². The molecule has 6 nitrogen and oxygen atoms in total. The molecule has 0 bridgehead atoms. The zero-order valence-electron chi connectivity index (χ0n) is 15.7. The summed E-state index contributed by atoms with van der Waals surface area (Å²) in [6.07, 6.45) is 1.64. The van der Waals surface area contributed by atoms with Crippen molar-refractivity contribution in [1.82, 2.24) is 9.78 Å². The fraction of sp³-hybridized carbons (Fsp3) is 0.0909. The van der Waals surface area contributed by atoms with Crippen molar-refractivity contribution < 1.29 is 22.7 Å². The molecule has 0 aliphatic rings. The van der Waals surface area contributed by atoms with Crippen LogP contribution < -0.4 is 10.1 Å². The van der Waals surface area contributed by atoms with E-state index in [9.17, 15) is 13.6 Å². The van der Waals surface area contributed by atoms with E-state index in [1.54, 1.807) is 36.5 Å². The smallest absolute Gasteiger partial charge is 0.292 e. The Kier molecular flexibility index (Phi) is 5.56. The number of halogens is 2. The fourth-order valence-electron chi connectivity index (χ4n) is 2.76. The van der Waals surface area contributed by atoms with Gasteiger partial charge < -0.3 is 14.5 Å². The van der Waals surface area contributed by atoms with Gasteiger partial charge in [-0.15, -0.1) is 0 Å². The average Bonchev–Trinajstić information content (AvgIpc) is 3.39. The highest BCUT2D eigenvalue weighted by atomic mass is 19.1. The summed E-state index contributed by atoms with van der Waals surface area (Å²) >= 11 is 0. The van der Waals surface area contributed by atoms with E-state index >= 15 is 0 Å². The van der Waals surface area contributed by atoms with Crippen molar-refractivity contribution in [3.8, 4) is 5.75 Å². The molecule has 2 aromatic heterocycles. The lowest BCUT2D eigenvalue weighted by Gasteiger charge is -2.04. The number of nitrogens with one attached hydrogen (secondary N) is 1. The van der Waals surface area contributed by atoms with Crippen molar-refractivity contribution in [3.63, 3.8) is 0 Å². The molecule has 30 heavy (non-hydrogen) atoms. The van der Waals surface area contributed by atoms with Crippen LogP contribution in [0.2, 0.25) is 0 Å². The number of aromatic nitrogens is 2. The van der Waals surface area contributed by atoms with Crippen LogP contribution in [0.4, 0.5) is 14.6 Å². The lowest BCUT2D eigenvalue weighted by molar-refractivity contribution is 0.0992. The van der Waals surface area contributed by atoms with Gasteiger partial charge in [0.1, 0.15) is 29.8 Å². The van der Waals surface area contributed by atoms with Crippen molar-refractivity contribution in [2.24, 2.45) is 0 Å². The number of hydrogen-bond acceptors (Lipinski definition) is 4. The van der Waals surface area contributed by atoms with Crippen LogP contribution >= 0.6 is 0 Å². The largest absolute Gasteiger partial charge is 0.486 e. The first-order valence-electron chi connectivity index (χ1n) is 9.12. The Balaban J connectivity index is 1.34. The van der Waals surface area contributed by atoms with Crippen LogP contribution in [0, 0.1) is 11.6 Å². The van der Waals surface area contributed by atoms with Gasteiger partial charge in [0.05, 0.1) is 6.54 Å². The molecule has 152 valence electrons. The normalized spacial score (nSPS) is 10.7. The molecular formula is C22H17F2N3O3. The van der Waals surface area contributed by atoms with Gasteiger partial charge in [0.15, 0.2) is 11.6 Å². The summed E-state index contributed by atoms with van der Waals surface area (Å²) in [5.41, 5.74) is 0.496. The van der Waals surface area contributed by atoms with Crippen molar-refractivity contribution in [1.29, 1.82) is 0 Å². The number of ether oxygens (including phenoxy) is 1. The highest BCUT2D eigenvalue weighted by Crippen LogP contribution is 2.16. The molecule has 0 fully saturated rings. The van der Waals surface area contributed by atoms with Gasteiger partial charge in [0.2, 0.25) is 0 Å². The van der Waals surface area contributed by atoms with Gasteiger partial charge in [-0.1, -0.05) is 18.2 Å². The molecular weight excluding hydrogens is 392 g/mol. The standard InChI is InChI=1S/C22H17F2N3O3/c23-16-5-7-17(8-6-16)29-14-18-9-10-20(30-18)22(28)25-21-11-12-27(26-21)13-15-3-1-2-4-19(15)24/h1-12H,13-14H2,(H,25,26,28). The van der Waals surface area contributed by atoms with Crippen molar-refractivity contribution in [3.05, 3.63) is 102 Å². The van der Waals surface area contributed by atoms with Gasteiger partial charge in [-0.3, -0.25) is 9.48 Å². The number of rotatable bonds is 7. The molecule has 0 spiro atoms. The lowest BCUT2D eigenvalue weighted by Crippen LogP contribution is -2.12. The minimum Gasteiger partial charge on any atom is -0.486 e. The minimum atomic E-state index is -0.473. The molecule has 8 heteroatoms. The van der Waals surface area contributed by atoms with Gasteiger partial charge >= 0.3 is 0 Å². The molecule has 0 atom stereocenters. The first kappa shape index (κ1) is 19.4. The summed E-state index contributed by atoms with van der Waals surface area (Å²) < 4.78 is 39.2. The highest BCUT2D eigenvalue weighted by Gasteiger charge is 2.13. The van der Waals surface area contributed by atoms with E-state index in [2.05, 4.69) is 10.4 Å². The average molecular weight is 409 g/mol. The molecule has 0 aliphatic heterocycles. The molecule has 4 rings (SSSR count). The Morgan fingerprint density at radius 1 is 1.03 bits per heavy atom. The first-order chi connectivity index (χ1) is 14.6. The Morgan fingerprint density at radius 3 is 2.63 bits per heavy atom. The topological polar surface area (TPSA) is 69.3 Å². The van der Waals surface area contributed by atoms with E-state index < -0.39 is 5.91 Å². The quantitative estimate of drug-likeness (QED) is 0.483. The van der Waals surface area contributed by atoms with Gasteiger partial charge in [-0.2, -0.15) is 5.10 Å². The van der Waals surface area contributed by atoms with Crippen LogP contribution in [0.1, 0.15) is 21.9 Å². The Hall–Kier alpha value is -3.94. The molecule has 0 saturated heterocycles. The number of carbonyl (C=O) groups excluding carboxylic acids is 1. The SMILES string of the molecule is O=C(Nc1ccn(Cc2ccccc2F)n1)c1ccc(COc2ccc(F)cc2)o1. The summed E-state index contributed by atoms with van der Waals surface area (Å²) in [7, 11) is 0. The third-order valence-corrected chi connectivity index (χ3v) is 4.25. The molecule has 1 amide bonds. The van der Waals surface area contributed by atoms with Crippen molar-refractivity contribution in [2.45, 2.75) is 13.2 Å². The van der Waals surface area contributed by atoms with Crippen LogP contribution in [0.5, 0.6) is 5.75 Å². The number of benzene rings is 2. The molecule has 0 saturated carbocycles. The number of anilines is 1. The molecule has 4 aromatic rings. The van der Waals surface area contributed by atoms with Crippen LogP contribution in [0.15, 0.2) is 77.3 Å². The minimum absolute atomic E-state index is 0.0934. The van der Waals surface area contributed by atoms with Crippen molar-refractivity contribution in [2.75, 3.05) is 5.32 Å². The van der Waals surface area contributed by atoms with E-state index in [0.717, 1.165) is 0 Å². The monoisotopic (exact) mass is 409 g/mol. The second-order valence-corrected chi connectivity index (χ2v) is 6.45. The predicted molar refractivity (Wildman–Crippen MR) is 105 cm³/mol. The maximum absolute atomic E-state index is 13.8. The third-order valence-electron chi connectivity index (χ3n) is 4.25. The maximum atomic E-state index is 13.8. The van der Waals surface area contributed by atoms with Gasteiger partial charge in [0, 0.05) is 17.8 Å². The number of furan rings is 1. The first-order valence-corrected chi connectivity index (χ1v) is 9.12. The van der Waals surface area contributed by atoms with Crippen LogP contribution in [0.3, 0.4) is 0 Å². The van der Waals surface area contributed by atoms with Crippen LogP contribution in [-0.2, 0) is 13.2 Å². The van der Waals surface area contributed by atoms with Gasteiger partial charge in [0.25, 0.3) is 5.91 Å². The molecule has 1 N–H and O–H groups in total. The van der Waals surface area contributed by atoms with Gasteiger partial charge in [-0.25, -0.2) is 8.78 Å². The van der Waals surface area contributed by atoms with Crippen LogP contribution in [-0.4, -0.2) is 15.7 Å². The van der Waals surface area contributed by atoms with Crippen molar-refractivity contribution >= 4 is 11.7 Å². The number of hydrogen-bond donors (Lipinski definition) is 1. The molecule has 2 aromatic carbocycles. The Morgan fingerprint density at radius 2 is 1.83 bits per heavy atom. The molecule has 0 aliphatic carbocycles. The lowest BCUT2D eigenvalue weighted by atomic mass is 10.2. The zero-order valence-corrected chi connectivity index (χ0v) is 15.7.